The van der Waals surface area contributed by atoms with Gasteiger partial charge in [-0.15, -0.1) is 0 Å². The van der Waals surface area contributed by atoms with E-state index in [0.29, 0.717) is 5.92 Å². The van der Waals surface area contributed by atoms with Gasteiger partial charge in [-0.3, -0.25) is 4.79 Å². The van der Waals surface area contributed by atoms with Gasteiger partial charge in [0.25, 0.3) is 0 Å². The first kappa shape index (κ1) is 14.9. The van der Waals surface area contributed by atoms with Crippen LogP contribution in [-0.4, -0.2) is 32.1 Å². The fourth-order valence-corrected chi connectivity index (χ4v) is 2.51. The Balaban J connectivity index is 1.88. The van der Waals surface area contributed by atoms with Crippen LogP contribution in [0.4, 0.5) is 0 Å². The van der Waals surface area contributed by atoms with Crippen molar-refractivity contribution >= 4 is 5.91 Å². The lowest BCUT2D eigenvalue weighted by atomic mass is 9.88. The van der Waals surface area contributed by atoms with Crippen LogP contribution in [0.15, 0.2) is 24.3 Å². The van der Waals surface area contributed by atoms with Gasteiger partial charge in [0.05, 0.1) is 7.11 Å². The Labute approximate surface area is 120 Å². The van der Waals surface area contributed by atoms with Gasteiger partial charge in [-0.1, -0.05) is 25.1 Å². The molecular formula is C16H24N2O2. The minimum absolute atomic E-state index is 0.0800. The van der Waals surface area contributed by atoms with Gasteiger partial charge in [-0.2, -0.15) is 0 Å². The SMILES string of the molecule is COc1ccccc1CC(C)NC(=O)C(C)C1CNC1. The number of ether oxygens (including phenoxy) is 1. The van der Waals surface area contributed by atoms with Crippen LogP contribution < -0.4 is 15.4 Å². The Morgan fingerprint density at radius 3 is 2.70 bits per heavy atom. The minimum atomic E-state index is 0.0800. The van der Waals surface area contributed by atoms with Crippen LogP contribution in [0.2, 0.25) is 0 Å². The van der Waals surface area contributed by atoms with Crippen molar-refractivity contribution in [2.75, 3.05) is 20.2 Å². The highest BCUT2D eigenvalue weighted by molar-refractivity contribution is 5.79. The van der Waals surface area contributed by atoms with Gasteiger partial charge < -0.3 is 15.4 Å². The van der Waals surface area contributed by atoms with E-state index in [0.717, 1.165) is 30.8 Å². The molecule has 2 unspecified atom stereocenters. The molecular weight excluding hydrogens is 252 g/mol. The number of para-hydroxylation sites is 1. The maximum atomic E-state index is 12.2. The van der Waals surface area contributed by atoms with Gasteiger partial charge in [0, 0.05) is 12.0 Å². The zero-order valence-corrected chi connectivity index (χ0v) is 12.5. The summed E-state index contributed by atoms with van der Waals surface area (Å²) in [4.78, 5) is 12.2. The monoisotopic (exact) mass is 276 g/mol. The minimum Gasteiger partial charge on any atom is -0.496 e. The number of amides is 1. The summed E-state index contributed by atoms with van der Waals surface area (Å²) >= 11 is 0. The molecule has 4 heteroatoms. The number of methoxy groups -OCH3 is 1. The number of carbonyl (C=O) groups excluding carboxylic acids is 1. The van der Waals surface area contributed by atoms with Crippen molar-refractivity contribution in [1.29, 1.82) is 0 Å². The zero-order valence-electron chi connectivity index (χ0n) is 12.5. The van der Waals surface area contributed by atoms with Gasteiger partial charge in [0.1, 0.15) is 5.75 Å². The molecule has 0 aliphatic carbocycles. The lowest BCUT2D eigenvalue weighted by Gasteiger charge is -2.32. The highest BCUT2D eigenvalue weighted by atomic mass is 16.5. The summed E-state index contributed by atoms with van der Waals surface area (Å²) in [6.45, 7) is 5.96. The molecule has 4 nitrogen and oxygen atoms in total. The maximum Gasteiger partial charge on any atom is 0.223 e. The van der Waals surface area contributed by atoms with Gasteiger partial charge >= 0.3 is 0 Å². The van der Waals surface area contributed by atoms with Gasteiger partial charge in [0.15, 0.2) is 0 Å². The van der Waals surface area contributed by atoms with Crippen LogP contribution in [0.1, 0.15) is 19.4 Å². The van der Waals surface area contributed by atoms with Gasteiger partial charge in [-0.25, -0.2) is 0 Å². The van der Waals surface area contributed by atoms with E-state index in [2.05, 4.69) is 10.6 Å². The largest absolute Gasteiger partial charge is 0.496 e. The molecule has 1 aromatic carbocycles. The van der Waals surface area contributed by atoms with Crippen LogP contribution in [0, 0.1) is 11.8 Å². The predicted octanol–water partition coefficient (Wildman–Crippen LogP) is 1.60. The summed E-state index contributed by atoms with van der Waals surface area (Å²) in [6.07, 6.45) is 0.783. The quantitative estimate of drug-likeness (QED) is 0.830. The van der Waals surface area contributed by atoms with Crippen molar-refractivity contribution in [3.8, 4) is 5.75 Å². The molecule has 20 heavy (non-hydrogen) atoms. The normalized spacial score (nSPS) is 17.9. The predicted molar refractivity (Wildman–Crippen MR) is 79.8 cm³/mol. The molecule has 2 atom stereocenters. The fraction of sp³-hybridized carbons (Fsp3) is 0.562. The molecule has 1 aliphatic heterocycles. The van der Waals surface area contributed by atoms with Crippen LogP contribution in [0.25, 0.3) is 0 Å². The Morgan fingerprint density at radius 2 is 2.10 bits per heavy atom. The zero-order chi connectivity index (χ0) is 14.5. The third kappa shape index (κ3) is 3.51. The third-order valence-corrected chi connectivity index (χ3v) is 4.04. The van der Waals surface area contributed by atoms with Gasteiger partial charge in [-0.05, 0) is 44.0 Å². The molecule has 1 amide bonds. The average molecular weight is 276 g/mol. The lowest BCUT2D eigenvalue weighted by molar-refractivity contribution is -0.127. The highest BCUT2D eigenvalue weighted by Crippen LogP contribution is 2.20. The molecule has 1 aliphatic rings. The van der Waals surface area contributed by atoms with E-state index in [1.165, 1.54) is 0 Å². The van der Waals surface area contributed by atoms with E-state index in [1.807, 2.05) is 38.1 Å². The Bertz CT molecular complexity index is 458. The summed E-state index contributed by atoms with van der Waals surface area (Å²) in [5.74, 6) is 1.59. The molecule has 1 fully saturated rings. The second-order valence-electron chi connectivity index (χ2n) is 5.63. The smallest absolute Gasteiger partial charge is 0.223 e. The summed E-state index contributed by atoms with van der Waals surface area (Å²) < 4.78 is 5.34. The Kier molecular flexibility index (Phi) is 5.01. The first-order valence-electron chi connectivity index (χ1n) is 7.24. The van der Waals surface area contributed by atoms with Crippen molar-refractivity contribution < 1.29 is 9.53 Å². The van der Waals surface area contributed by atoms with E-state index >= 15 is 0 Å². The second-order valence-corrected chi connectivity index (χ2v) is 5.63. The van der Waals surface area contributed by atoms with E-state index in [-0.39, 0.29) is 17.9 Å². The van der Waals surface area contributed by atoms with Gasteiger partial charge in [0.2, 0.25) is 5.91 Å². The fourth-order valence-electron chi connectivity index (χ4n) is 2.51. The van der Waals surface area contributed by atoms with Crippen LogP contribution in [0.3, 0.4) is 0 Å². The molecule has 1 saturated heterocycles. The Hall–Kier alpha value is -1.55. The molecule has 0 aromatic heterocycles. The van der Waals surface area contributed by atoms with Crippen molar-refractivity contribution in [3.05, 3.63) is 29.8 Å². The summed E-state index contributed by atoms with van der Waals surface area (Å²) in [5.41, 5.74) is 1.13. The first-order valence-corrected chi connectivity index (χ1v) is 7.24. The number of benzene rings is 1. The van der Waals surface area contributed by atoms with Crippen molar-refractivity contribution in [2.24, 2.45) is 11.8 Å². The van der Waals surface area contributed by atoms with Crippen molar-refractivity contribution in [1.82, 2.24) is 10.6 Å². The number of rotatable bonds is 6. The van der Waals surface area contributed by atoms with E-state index in [1.54, 1.807) is 7.11 Å². The van der Waals surface area contributed by atoms with Crippen LogP contribution in [-0.2, 0) is 11.2 Å². The van der Waals surface area contributed by atoms with Crippen molar-refractivity contribution in [2.45, 2.75) is 26.3 Å². The highest BCUT2D eigenvalue weighted by Gasteiger charge is 2.29. The molecule has 2 rings (SSSR count). The van der Waals surface area contributed by atoms with Crippen LogP contribution >= 0.6 is 0 Å². The average Bonchev–Trinajstić information content (AvgIpc) is 2.37. The number of nitrogens with one attached hydrogen (secondary N) is 2. The summed E-state index contributed by atoms with van der Waals surface area (Å²) in [6, 6.07) is 8.05. The van der Waals surface area contributed by atoms with Crippen LogP contribution in [0.5, 0.6) is 5.75 Å². The van der Waals surface area contributed by atoms with E-state index in [4.69, 9.17) is 4.74 Å². The summed E-state index contributed by atoms with van der Waals surface area (Å²) in [5, 5.41) is 6.31. The van der Waals surface area contributed by atoms with E-state index in [9.17, 15) is 4.79 Å². The van der Waals surface area contributed by atoms with E-state index < -0.39 is 0 Å². The lowest BCUT2D eigenvalue weighted by Crippen LogP contribution is -2.50. The maximum absolute atomic E-state index is 12.2. The molecule has 0 bridgehead atoms. The standard InChI is InChI=1S/C16H24N2O2/c1-11(8-13-6-4-5-7-15(13)20-3)18-16(19)12(2)14-9-17-10-14/h4-7,11-12,14,17H,8-10H2,1-3H3,(H,18,19). The molecule has 1 heterocycles. The number of hydrogen-bond donors (Lipinski definition) is 2. The molecule has 0 saturated carbocycles. The molecule has 1 aromatic rings. The Morgan fingerprint density at radius 1 is 1.40 bits per heavy atom. The molecule has 0 radical (unpaired) electrons. The first-order chi connectivity index (χ1) is 9.61. The molecule has 0 spiro atoms. The number of carbonyl (C=O) groups is 1. The third-order valence-electron chi connectivity index (χ3n) is 4.04. The molecule has 110 valence electrons. The second kappa shape index (κ2) is 6.75. The summed E-state index contributed by atoms with van der Waals surface area (Å²) in [7, 11) is 1.67. The van der Waals surface area contributed by atoms with Crippen molar-refractivity contribution in [3.63, 3.8) is 0 Å². The molecule has 2 N–H and O–H groups in total. The topological polar surface area (TPSA) is 50.4 Å². The number of hydrogen-bond acceptors (Lipinski definition) is 3.